The van der Waals surface area contributed by atoms with Crippen LogP contribution in [0, 0.1) is 0 Å². The van der Waals surface area contributed by atoms with Crippen molar-refractivity contribution in [3.8, 4) is 11.4 Å². The molecule has 160 valence electrons. The van der Waals surface area contributed by atoms with Crippen molar-refractivity contribution in [2.75, 3.05) is 0 Å². The molecule has 0 aliphatic rings. The Labute approximate surface area is 179 Å². The van der Waals surface area contributed by atoms with E-state index >= 15 is 0 Å². The Balaban J connectivity index is 1.39. The van der Waals surface area contributed by atoms with Crippen LogP contribution in [0.1, 0.15) is 42.1 Å². The highest BCUT2D eigenvalue weighted by molar-refractivity contribution is 5.98. The number of carbonyl (C=O) groups is 3. The van der Waals surface area contributed by atoms with Crippen LogP contribution in [-0.4, -0.2) is 37.8 Å². The Kier molecular flexibility index (Phi) is 7.58. The van der Waals surface area contributed by atoms with Crippen LogP contribution >= 0.6 is 0 Å². The standard InChI is InChI=1S/C22H24N6O3/c1-2-6-16-9-11-17(12-10-16)19(29)13-14-20(30)23-24-21(31)15-28-26-22(25-27-28)18-7-4-3-5-8-18/h3-5,7-12H,2,6,13-15H2,1H3,(H,23,30)(H,24,31). The molecule has 9 heteroatoms. The fraction of sp³-hybridized carbons (Fsp3) is 0.273. The van der Waals surface area contributed by atoms with Crippen molar-refractivity contribution < 1.29 is 14.4 Å². The summed E-state index contributed by atoms with van der Waals surface area (Å²) in [5.74, 6) is -0.688. The number of benzene rings is 2. The third-order valence-corrected chi connectivity index (χ3v) is 4.50. The van der Waals surface area contributed by atoms with Gasteiger partial charge < -0.3 is 0 Å². The van der Waals surface area contributed by atoms with Crippen LogP contribution in [0.4, 0.5) is 0 Å². The van der Waals surface area contributed by atoms with Gasteiger partial charge in [-0.3, -0.25) is 25.2 Å². The Morgan fingerprint density at radius 2 is 1.61 bits per heavy atom. The maximum atomic E-state index is 12.2. The number of aryl methyl sites for hydroxylation is 1. The second-order valence-electron chi connectivity index (χ2n) is 6.98. The number of amides is 2. The van der Waals surface area contributed by atoms with Gasteiger partial charge in [0.15, 0.2) is 5.78 Å². The van der Waals surface area contributed by atoms with Gasteiger partial charge in [-0.1, -0.05) is 67.9 Å². The number of hydrazine groups is 1. The minimum absolute atomic E-state index is 0.0322. The summed E-state index contributed by atoms with van der Waals surface area (Å²) < 4.78 is 0. The quantitative estimate of drug-likeness (QED) is 0.404. The molecule has 0 spiro atoms. The third-order valence-electron chi connectivity index (χ3n) is 4.50. The van der Waals surface area contributed by atoms with E-state index in [1.165, 1.54) is 5.56 Å². The molecule has 0 radical (unpaired) electrons. The molecular formula is C22H24N6O3. The predicted molar refractivity (Wildman–Crippen MR) is 114 cm³/mol. The maximum absolute atomic E-state index is 12.2. The molecule has 3 rings (SSSR count). The van der Waals surface area contributed by atoms with E-state index in [1.807, 2.05) is 42.5 Å². The van der Waals surface area contributed by atoms with E-state index in [-0.39, 0.29) is 25.2 Å². The van der Waals surface area contributed by atoms with Crippen LogP contribution < -0.4 is 10.9 Å². The van der Waals surface area contributed by atoms with Crippen molar-refractivity contribution in [3.05, 3.63) is 65.7 Å². The summed E-state index contributed by atoms with van der Waals surface area (Å²) in [4.78, 5) is 37.3. The summed E-state index contributed by atoms with van der Waals surface area (Å²) in [6.45, 7) is 1.89. The summed E-state index contributed by atoms with van der Waals surface area (Å²) in [5, 5.41) is 11.9. The number of carbonyl (C=O) groups excluding carboxylic acids is 3. The van der Waals surface area contributed by atoms with Crippen LogP contribution in [0.5, 0.6) is 0 Å². The van der Waals surface area contributed by atoms with Crippen LogP contribution in [0.15, 0.2) is 54.6 Å². The topological polar surface area (TPSA) is 119 Å². The van der Waals surface area contributed by atoms with Crippen molar-refractivity contribution >= 4 is 17.6 Å². The highest BCUT2D eigenvalue weighted by Gasteiger charge is 2.12. The van der Waals surface area contributed by atoms with Gasteiger partial charge >= 0.3 is 0 Å². The van der Waals surface area contributed by atoms with E-state index in [4.69, 9.17) is 0 Å². The maximum Gasteiger partial charge on any atom is 0.262 e. The molecule has 31 heavy (non-hydrogen) atoms. The van der Waals surface area contributed by atoms with Gasteiger partial charge in [0, 0.05) is 24.0 Å². The second-order valence-corrected chi connectivity index (χ2v) is 6.98. The van der Waals surface area contributed by atoms with Crippen LogP contribution in [0.25, 0.3) is 11.4 Å². The molecule has 2 amide bonds. The van der Waals surface area contributed by atoms with Crippen molar-refractivity contribution in [2.45, 2.75) is 39.2 Å². The van der Waals surface area contributed by atoms with Gasteiger partial charge in [-0.25, -0.2) is 0 Å². The van der Waals surface area contributed by atoms with Crippen LogP contribution in [0.2, 0.25) is 0 Å². The summed E-state index contributed by atoms with van der Waals surface area (Å²) >= 11 is 0. The summed E-state index contributed by atoms with van der Waals surface area (Å²) in [6, 6.07) is 16.7. The first-order valence-electron chi connectivity index (χ1n) is 10.1. The van der Waals surface area contributed by atoms with E-state index in [0.717, 1.165) is 23.2 Å². The zero-order valence-electron chi connectivity index (χ0n) is 17.2. The number of Topliss-reactive ketones (excluding diaryl/α,β-unsaturated/α-hetero) is 1. The van der Waals surface area contributed by atoms with E-state index in [2.05, 4.69) is 33.2 Å². The zero-order chi connectivity index (χ0) is 22.1. The summed E-state index contributed by atoms with van der Waals surface area (Å²) in [5.41, 5.74) is 7.12. The van der Waals surface area contributed by atoms with Gasteiger partial charge in [0.1, 0.15) is 6.54 Å². The second kappa shape index (κ2) is 10.8. The van der Waals surface area contributed by atoms with Gasteiger partial charge in [0.2, 0.25) is 11.7 Å². The number of nitrogens with one attached hydrogen (secondary N) is 2. The molecule has 2 N–H and O–H groups in total. The number of ketones is 1. The lowest BCUT2D eigenvalue weighted by molar-refractivity contribution is -0.129. The molecule has 0 saturated heterocycles. The molecular weight excluding hydrogens is 396 g/mol. The SMILES string of the molecule is CCCc1ccc(C(=O)CCC(=O)NNC(=O)Cn2nnc(-c3ccccc3)n2)cc1. The number of hydrogen-bond donors (Lipinski definition) is 2. The van der Waals surface area contributed by atoms with Crippen molar-refractivity contribution in [1.82, 2.24) is 31.1 Å². The molecule has 0 saturated carbocycles. The minimum atomic E-state index is -0.511. The van der Waals surface area contributed by atoms with Gasteiger partial charge in [-0.15, -0.1) is 10.2 Å². The fourth-order valence-corrected chi connectivity index (χ4v) is 2.90. The third kappa shape index (κ3) is 6.56. The number of aromatic nitrogens is 4. The lowest BCUT2D eigenvalue weighted by Gasteiger charge is -2.07. The van der Waals surface area contributed by atoms with Crippen LogP contribution in [-0.2, 0) is 22.6 Å². The molecule has 1 heterocycles. The first-order chi connectivity index (χ1) is 15.0. The van der Waals surface area contributed by atoms with Crippen LogP contribution in [0.3, 0.4) is 0 Å². The Morgan fingerprint density at radius 3 is 2.32 bits per heavy atom. The van der Waals surface area contributed by atoms with Gasteiger partial charge in [0.25, 0.3) is 5.91 Å². The van der Waals surface area contributed by atoms with E-state index in [9.17, 15) is 14.4 Å². The fourth-order valence-electron chi connectivity index (χ4n) is 2.90. The first-order valence-corrected chi connectivity index (χ1v) is 10.1. The molecule has 1 aromatic heterocycles. The van der Waals surface area contributed by atoms with E-state index < -0.39 is 11.8 Å². The summed E-state index contributed by atoms with van der Waals surface area (Å²) in [7, 11) is 0. The molecule has 0 aliphatic heterocycles. The lowest BCUT2D eigenvalue weighted by atomic mass is 10.0. The van der Waals surface area contributed by atoms with Gasteiger partial charge in [-0.2, -0.15) is 4.80 Å². The highest BCUT2D eigenvalue weighted by Crippen LogP contribution is 2.12. The van der Waals surface area contributed by atoms with E-state index in [1.54, 1.807) is 12.1 Å². The zero-order valence-corrected chi connectivity index (χ0v) is 17.2. The normalized spacial score (nSPS) is 10.5. The summed E-state index contributed by atoms with van der Waals surface area (Å²) in [6.07, 6.45) is 2.03. The van der Waals surface area contributed by atoms with Crippen molar-refractivity contribution in [3.63, 3.8) is 0 Å². The van der Waals surface area contributed by atoms with Crippen molar-refractivity contribution in [1.29, 1.82) is 0 Å². The number of hydrogen-bond acceptors (Lipinski definition) is 6. The number of rotatable bonds is 9. The Hall–Kier alpha value is -3.88. The lowest BCUT2D eigenvalue weighted by Crippen LogP contribution is -2.43. The minimum Gasteiger partial charge on any atom is -0.294 e. The molecule has 2 aromatic carbocycles. The number of tetrazole rings is 1. The molecule has 0 unspecified atom stereocenters. The molecule has 9 nitrogen and oxygen atoms in total. The molecule has 0 atom stereocenters. The highest BCUT2D eigenvalue weighted by atomic mass is 16.2. The number of nitrogens with zero attached hydrogens (tertiary/aromatic N) is 4. The van der Waals surface area contributed by atoms with Crippen molar-refractivity contribution in [2.24, 2.45) is 0 Å². The van der Waals surface area contributed by atoms with Gasteiger partial charge in [0.05, 0.1) is 0 Å². The average Bonchev–Trinajstić information content (AvgIpc) is 3.26. The first kappa shape index (κ1) is 21.8. The predicted octanol–water partition coefficient (Wildman–Crippen LogP) is 2.10. The Morgan fingerprint density at radius 1 is 0.903 bits per heavy atom. The molecule has 0 aliphatic carbocycles. The Bertz CT molecular complexity index is 1030. The monoisotopic (exact) mass is 420 g/mol. The smallest absolute Gasteiger partial charge is 0.262 e. The molecule has 3 aromatic rings. The molecule has 0 bridgehead atoms. The van der Waals surface area contributed by atoms with Gasteiger partial charge in [-0.05, 0) is 17.2 Å². The van der Waals surface area contributed by atoms with E-state index in [0.29, 0.717) is 11.4 Å². The average molecular weight is 420 g/mol. The largest absolute Gasteiger partial charge is 0.294 e. The molecule has 0 fully saturated rings.